The highest BCUT2D eigenvalue weighted by atomic mass is 19.1. The third-order valence-corrected chi connectivity index (χ3v) is 3.13. The van der Waals surface area contributed by atoms with Crippen molar-refractivity contribution in [3.8, 4) is 5.75 Å². The summed E-state index contributed by atoms with van der Waals surface area (Å²) in [7, 11) is 1.43. The van der Waals surface area contributed by atoms with E-state index in [1.165, 1.54) is 13.2 Å². The van der Waals surface area contributed by atoms with Crippen LogP contribution in [0.25, 0.3) is 0 Å². The molecule has 80 valence electrons. The summed E-state index contributed by atoms with van der Waals surface area (Å²) >= 11 is 0. The lowest BCUT2D eigenvalue weighted by Crippen LogP contribution is -2.16. The van der Waals surface area contributed by atoms with Crippen molar-refractivity contribution in [3.05, 3.63) is 29.6 Å². The van der Waals surface area contributed by atoms with E-state index in [1.807, 2.05) is 0 Å². The van der Waals surface area contributed by atoms with E-state index in [-0.39, 0.29) is 22.8 Å². The van der Waals surface area contributed by atoms with Gasteiger partial charge in [-0.25, -0.2) is 4.39 Å². The maximum Gasteiger partial charge on any atom is 0.165 e. The molecule has 1 aromatic carbocycles. The number of ketones is 1. The van der Waals surface area contributed by atoms with Crippen molar-refractivity contribution in [2.75, 3.05) is 7.11 Å². The van der Waals surface area contributed by atoms with Crippen molar-refractivity contribution >= 4 is 5.78 Å². The number of benzene rings is 1. The number of carbonyl (C=O) groups excluding carboxylic acids is 1. The Balaban J connectivity index is 2.42. The zero-order valence-electron chi connectivity index (χ0n) is 8.84. The normalized spacial score (nSPS) is 17.3. The average molecular weight is 208 g/mol. The van der Waals surface area contributed by atoms with Gasteiger partial charge in [0.25, 0.3) is 0 Å². The van der Waals surface area contributed by atoms with E-state index in [0.29, 0.717) is 0 Å². The standard InChI is InChI=1S/C12H13FO2/c1-8(14)12(5-6-12)9-3-4-10(13)11(7-9)15-2/h3-4,7H,5-6H2,1-2H3. The quantitative estimate of drug-likeness (QED) is 0.762. The lowest BCUT2D eigenvalue weighted by atomic mass is 9.92. The van der Waals surface area contributed by atoms with E-state index >= 15 is 0 Å². The van der Waals surface area contributed by atoms with Gasteiger partial charge < -0.3 is 4.74 Å². The Morgan fingerprint density at radius 3 is 2.60 bits per heavy atom. The molecule has 1 fully saturated rings. The molecule has 1 aliphatic carbocycles. The fraction of sp³-hybridized carbons (Fsp3) is 0.417. The first-order valence-corrected chi connectivity index (χ1v) is 4.95. The van der Waals surface area contributed by atoms with Gasteiger partial charge in [-0.3, -0.25) is 4.79 Å². The molecule has 0 spiro atoms. The van der Waals surface area contributed by atoms with Crippen molar-refractivity contribution in [2.24, 2.45) is 0 Å². The highest BCUT2D eigenvalue weighted by Crippen LogP contribution is 2.49. The molecule has 0 N–H and O–H groups in total. The number of rotatable bonds is 3. The first-order valence-electron chi connectivity index (χ1n) is 4.95. The van der Waals surface area contributed by atoms with Crippen LogP contribution in [0.15, 0.2) is 18.2 Å². The van der Waals surface area contributed by atoms with Crippen LogP contribution in [-0.4, -0.2) is 12.9 Å². The monoisotopic (exact) mass is 208 g/mol. The second kappa shape index (κ2) is 3.33. The smallest absolute Gasteiger partial charge is 0.165 e. The maximum atomic E-state index is 13.2. The number of halogens is 1. The van der Waals surface area contributed by atoms with Crippen molar-refractivity contribution in [2.45, 2.75) is 25.2 Å². The van der Waals surface area contributed by atoms with Crippen molar-refractivity contribution in [1.82, 2.24) is 0 Å². The van der Waals surface area contributed by atoms with E-state index in [1.54, 1.807) is 19.1 Å². The molecule has 1 saturated carbocycles. The lowest BCUT2D eigenvalue weighted by Gasteiger charge is -2.13. The summed E-state index contributed by atoms with van der Waals surface area (Å²) in [5.74, 6) is -0.0308. The third-order valence-electron chi connectivity index (χ3n) is 3.13. The van der Waals surface area contributed by atoms with Crippen LogP contribution in [0.5, 0.6) is 5.75 Å². The Bertz CT molecular complexity index is 408. The summed E-state index contributed by atoms with van der Waals surface area (Å²) in [4.78, 5) is 11.5. The van der Waals surface area contributed by atoms with Crippen LogP contribution in [0.2, 0.25) is 0 Å². The van der Waals surface area contributed by atoms with Gasteiger partial charge in [-0.1, -0.05) is 6.07 Å². The minimum atomic E-state index is -0.388. The number of hydrogen-bond acceptors (Lipinski definition) is 2. The number of hydrogen-bond donors (Lipinski definition) is 0. The van der Waals surface area contributed by atoms with Gasteiger partial charge in [-0.2, -0.15) is 0 Å². The number of methoxy groups -OCH3 is 1. The summed E-state index contributed by atoms with van der Waals surface area (Å²) in [6, 6.07) is 4.66. The fourth-order valence-corrected chi connectivity index (χ4v) is 1.93. The van der Waals surface area contributed by atoms with E-state index < -0.39 is 0 Å². The van der Waals surface area contributed by atoms with Crippen LogP contribution in [0.4, 0.5) is 4.39 Å². The molecular formula is C12H13FO2. The Kier molecular flexibility index (Phi) is 2.25. The van der Waals surface area contributed by atoms with Crippen LogP contribution in [0, 0.1) is 5.82 Å². The van der Waals surface area contributed by atoms with Crippen LogP contribution in [-0.2, 0) is 10.2 Å². The van der Waals surface area contributed by atoms with Gasteiger partial charge in [0.15, 0.2) is 11.6 Å². The van der Waals surface area contributed by atoms with Gasteiger partial charge in [-0.05, 0) is 37.5 Å². The summed E-state index contributed by atoms with van der Waals surface area (Å²) in [5, 5.41) is 0. The molecule has 0 unspecified atom stereocenters. The third kappa shape index (κ3) is 1.52. The van der Waals surface area contributed by atoms with Gasteiger partial charge in [0.05, 0.1) is 12.5 Å². The molecule has 2 rings (SSSR count). The largest absolute Gasteiger partial charge is 0.494 e. The Morgan fingerprint density at radius 1 is 1.47 bits per heavy atom. The molecular weight excluding hydrogens is 195 g/mol. The summed E-state index contributed by atoms with van der Waals surface area (Å²) in [6.07, 6.45) is 1.72. The first-order chi connectivity index (χ1) is 7.10. The molecule has 0 aromatic heterocycles. The predicted molar refractivity (Wildman–Crippen MR) is 54.5 cm³/mol. The highest BCUT2D eigenvalue weighted by molar-refractivity contribution is 5.91. The molecule has 0 atom stereocenters. The average Bonchev–Trinajstić information content (AvgIpc) is 2.99. The molecule has 1 aliphatic rings. The van der Waals surface area contributed by atoms with Crippen LogP contribution in [0.1, 0.15) is 25.3 Å². The summed E-state index contributed by atoms with van der Waals surface area (Å²) < 4.78 is 18.1. The molecule has 0 aliphatic heterocycles. The predicted octanol–water partition coefficient (Wildman–Crippen LogP) is 2.45. The first kappa shape index (κ1) is 10.1. The molecule has 2 nitrogen and oxygen atoms in total. The maximum absolute atomic E-state index is 13.2. The van der Waals surface area contributed by atoms with E-state index in [9.17, 15) is 9.18 Å². The SMILES string of the molecule is COc1cc(C2(C(C)=O)CC2)ccc1F. The van der Waals surface area contributed by atoms with Crippen molar-refractivity contribution in [3.63, 3.8) is 0 Å². The fourth-order valence-electron chi connectivity index (χ4n) is 1.93. The van der Waals surface area contributed by atoms with Crippen LogP contribution >= 0.6 is 0 Å². The minimum absolute atomic E-state index is 0.149. The molecule has 0 bridgehead atoms. The van der Waals surface area contributed by atoms with Crippen molar-refractivity contribution in [1.29, 1.82) is 0 Å². The zero-order chi connectivity index (χ0) is 11.1. The number of Topliss-reactive ketones (excluding diaryl/α,β-unsaturated/α-hetero) is 1. The molecule has 15 heavy (non-hydrogen) atoms. The topological polar surface area (TPSA) is 26.3 Å². The highest BCUT2D eigenvalue weighted by Gasteiger charge is 2.48. The number of carbonyl (C=O) groups is 1. The van der Waals surface area contributed by atoms with Gasteiger partial charge >= 0.3 is 0 Å². The van der Waals surface area contributed by atoms with Gasteiger partial charge in [0.2, 0.25) is 0 Å². The Morgan fingerprint density at radius 2 is 2.13 bits per heavy atom. The number of ether oxygens (including phenoxy) is 1. The molecule has 0 amide bonds. The Labute approximate surface area is 88.1 Å². The molecule has 0 radical (unpaired) electrons. The van der Waals surface area contributed by atoms with Crippen LogP contribution in [0.3, 0.4) is 0 Å². The summed E-state index contributed by atoms with van der Waals surface area (Å²) in [6.45, 7) is 1.59. The molecule has 0 heterocycles. The minimum Gasteiger partial charge on any atom is -0.494 e. The van der Waals surface area contributed by atoms with E-state index in [4.69, 9.17) is 4.74 Å². The van der Waals surface area contributed by atoms with Crippen LogP contribution < -0.4 is 4.74 Å². The van der Waals surface area contributed by atoms with Gasteiger partial charge in [0, 0.05) is 0 Å². The van der Waals surface area contributed by atoms with Gasteiger partial charge in [-0.15, -0.1) is 0 Å². The van der Waals surface area contributed by atoms with E-state index in [0.717, 1.165) is 18.4 Å². The molecule has 0 saturated heterocycles. The van der Waals surface area contributed by atoms with Crippen molar-refractivity contribution < 1.29 is 13.9 Å². The Hall–Kier alpha value is -1.38. The lowest BCUT2D eigenvalue weighted by molar-refractivity contribution is -0.119. The molecule has 3 heteroatoms. The second-order valence-corrected chi connectivity index (χ2v) is 3.99. The second-order valence-electron chi connectivity index (χ2n) is 3.99. The summed E-state index contributed by atoms with van der Waals surface area (Å²) in [5.41, 5.74) is 0.509. The molecule has 1 aromatic rings. The zero-order valence-corrected chi connectivity index (χ0v) is 8.84. The van der Waals surface area contributed by atoms with E-state index in [2.05, 4.69) is 0 Å². The van der Waals surface area contributed by atoms with Gasteiger partial charge in [0.1, 0.15) is 5.78 Å².